The van der Waals surface area contributed by atoms with E-state index >= 15 is 0 Å². The number of ketones is 1. The van der Waals surface area contributed by atoms with Crippen LogP contribution in [0, 0.1) is 10.1 Å². The van der Waals surface area contributed by atoms with Crippen molar-refractivity contribution in [3.63, 3.8) is 0 Å². The number of carbonyl (C=O) groups excluding carboxylic acids is 1. The van der Waals surface area contributed by atoms with Crippen LogP contribution in [0.1, 0.15) is 16.1 Å². The molecule has 1 aromatic heterocycles. The molecular weight excluding hydrogens is 248 g/mol. The number of nitrogens with zero attached hydrogens (tertiary/aromatic N) is 2. The van der Waals surface area contributed by atoms with Crippen molar-refractivity contribution in [1.29, 1.82) is 0 Å². The van der Waals surface area contributed by atoms with Gasteiger partial charge in [0.05, 0.1) is 4.92 Å². The average Bonchev–Trinajstić information content (AvgIpc) is 2.39. The number of aromatic hydroxyl groups is 1. The maximum Gasteiger partial charge on any atom is 0.310 e. The molecule has 0 unspecified atom stereocenters. The molecule has 1 heterocycles. The lowest BCUT2D eigenvalue weighted by atomic mass is 10.1. The van der Waals surface area contributed by atoms with Crippen LogP contribution in [0.4, 0.5) is 5.69 Å². The zero-order chi connectivity index (χ0) is 13.8. The van der Waals surface area contributed by atoms with Crippen LogP contribution in [0.3, 0.4) is 0 Å². The molecular formula is C13H10N2O4. The largest absolute Gasteiger partial charge is 0.502 e. The van der Waals surface area contributed by atoms with Gasteiger partial charge in [0.25, 0.3) is 0 Å². The van der Waals surface area contributed by atoms with Gasteiger partial charge in [-0.25, -0.2) is 0 Å². The molecule has 6 nitrogen and oxygen atoms in total. The summed E-state index contributed by atoms with van der Waals surface area (Å²) in [6, 6.07) is 8.84. The maximum atomic E-state index is 11.9. The number of nitro groups is 1. The maximum absolute atomic E-state index is 11.9. The van der Waals surface area contributed by atoms with E-state index in [2.05, 4.69) is 4.98 Å². The van der Waals surface area contributed by atoms with Crippen molar-refractivity contribution in [1.82, 2.24) is 4.98 Å². The van der Waals surface area contributed by atoms with E-state index < -0.39 is 10.7 Å². The first-order valence-electron chi connectivity index (χ1n) is 5.48. The molecule has 0 saturated heterocycles. The van der Waals surface area contributed by atoms with E-state index in [1.807, 2.05) is 0 Å². The highest BCUT2D eigenvalue weighted by molar-refractivity contribution is 5.95. The molecule has 0 amide bonds. The molecule has 19 heavy (non-hydrogen) atoms. The third-order valence-corrected chi connectivity index (χ3v) is 2.55. The molecule has 0 bridgehead atoms. The highest BCUT2D eigenvalue weighted by atomic mass is 16.6. The number of carbonyl (C=O) groups is 1. The molecule has 0 aliphatic heterocycles. The highest BCUT2D eigenvalue weighted by Crippen LogP contribution is 2.26. The Morgan fingerprint density at radius 2 is 2.11 bits per heavy atom. The number of hydrogen-bond acceptors (Lipinski definition) is 5. The lowest BCUT2D eigenvalue weighted by molar-refractivity contribution is -0.385. The Hall–Kier alpha value is -2.76. The summed E-state index contributed by atoms with van der Waals surface area (Å²) in [4.78, 5) is 25.7. The summed E-state index contributed by atoms with van der Waals surface area (Å²) in [5.41, 5.74) is 0.438. The van der Waals surface area contributed by atoms with Gasteiger partial charge in [-0.15, -0.1) is 0 Å². The SMILES string of the molecule is O=C(Cc1ccc([N+](=O)[O-])c(O)c1)c1ccccn1. The number of hydrogen-bond donors (Lipinski definition) is 1. The van der Waals surface area contributed by atoms with Gasteiger partial charge in [0.1, 0.15) is 5.69 Å². The van der Waals surface area contributed by atoms with Crippen molar-refractivity contribution in [2.24, 2.45) is 0 Å². The summed E-state index contributed by atoms with van der Waals surface area (Å²) in [7, 11) is 0. The van der Waals surface area contributed by atoms with Crippen molar-refractivity contribution in [3.8, 4) is 5.75 Å². The van der Waals surface area contributed by atoms with Gasteiger partial charge in [-0.05, 0) is 23.8 Å². The third-order valence-electron chi connectivity index (χ3n) is 2.55. The summed E-state index contributed by atoms with van der Waals surface area (Å²) >= 11 is 0. The summed E-state index contributed by atoms with van der Waals surface area (Å²) in [5, 5.41) is 20.0. The number of rotatable bonds is 4. The van der Waals surface area contributed by atoms with E-state index in [4.69, 9.17) is 0 Å². The van der Waals surface area contributed by atoms with Crippen molar-refractivity contribution < 1.29 is 14.8 Å². The van der Waals surface area contributed by atoms with Crippen molar-refractivity contribution in [2.45, 2.75) is 6.42 Å². The van der Waals surface area contributed by atoms with Crippen LogP contribution in [0.2, 0.25) is 0 Å². The van der Waals surface area contributed by atoms with E-state index in [1.165, 1.54) is 24.4 Å². The first-order valence-corrected chi connectivity index (χ1v) is 5.48. The molecule has 1 aromatic carbocycles. The van der Waals surface area contributed by atoms with Gasteiger partial charge < -0.3 is 5.11 Å². The Labute approximate surface area is 108 Å². The standard InChI is InChI=1S/C13H10N2O4/c16-12(10-3-1-2-6-14-10)7-9-4-5-11(15(18)19)13(17)8-9/h1-6,8,17H,7H2. The van der Waals surface area contributed by atoms with Crippen LogP contribution >= 0.6 is 0 Å². The van der Waals surface area contributed by atoms with E-state index in [0.717, 1.165) is 0 Å². The second-order valence-corrected chi connectivity index (χ2v) is 3.90. The van der Waals surface area contributed by atoms with Gasteiger partial charge in [0.2, 0.25) is 0 Å². The zero-order valence-corrected chi connectivity index (χ0v) is 9.81. The normalized spacial score (nSPS) is 10.1. The minimum Gasteiger partial charge on any atom is -0.502 e. The molecule has 0 saturated carbocycles. The highest BCUT2D eigenvalue weighted by Gasteiger charge is 2.15. The Balaban J connectivity index is 2.19. The number of nitro benzene ring substituents is 1. The molecule has 0 aliphatic rings. The average molecular weight is 258 g/mol. The van der Waals surface area contributed by atoms with Gasteiger partial charge in [-0.3, -0.25) is 19.9 Å². The van der Waals surface area contributed by atoms with Gasteiger partial charge in [-0.1, -0.05) is 12.1 Å². The van der Waals surface area contributed by atoms with E-state index in [0.29, 0.717) is 11.3 Å². The Morgan fingerprint density at radius 3 is 2.68 bits per heavy atom. The second-order valence-electron chi connectivity index (χ2n) is 3.90. The first-order chi connectivity index (χ1) is 9.08. The molecule has 1 N–H and O–H groups in total. The number of phenolic OH excluding ortho intramolecular Hbond substituents is 1. The minimum atomic E-state index is -0.681. The smallest absolute Gasteiger partial charge is 0.310 e. The Kier molecular flexibility index (Phi) is 3.51. The molecule has 0 spiro atoms. The van der Waals surface area contributed by atoms with Gasteiger partial charge in [-0.2, -0.15) is 0 Å². The van der Waals surface area contributed by atoms with Crippen LogP contribution in [-0.2, 0) is 6.42 Å². The third kappa shape index (κ3) is 2.92. The lowest BCUT2D eigenvalue weighted by Crippen LogP contribution is -2.05. The minimum absolute atomic E-state index is 0.0303. The van der Waals surface area contributed by atoms with Crippen LogP contribution in [0.5, 0.6) is 5.75 Å². The molecule has 0 atom stereocenters. The number of benzene rings is 1. The van der Waals surface area contributed by atoms with E-state index in [1.54, 1.807) is 18.2 Å². The van der Waals surface area contributed by atoms with Gasteiger partial charge in [0, 0.05) is 18.7 Å². The summed E-state index contributed by atoms with van der Waals surface area (Å²) in [6.45, 7) is 0. The lowest BCUT2D eigenvalue weighted by Gasteiger charge is -2.02. The second kappa shape index (κ2) is 5.26. The summed E-state index contributed by atoms with van der Waals surface area (Å²) in [5.74, 6) is -0.662. The molecule has 6 heteroatoms. The first kappa shape index (κ1) is 12.7. The fourth-order valence-electron chi connectivity index (χ4n) is 1.64. The molecule has 0 fully saturated rings. The number of phenols is 1. The Morgan fingerprint density at radius 1 is 1.32 bits per heavy atom. The molecule has 0 aliphatic carbocycles. The van der Waals surface area contributed by atoms with E-state index in [-0.39, 0.29) is 17.9 Å². The molecule has 96 valence electrons. The van der Waals surface area contributed by atoms with Gasteiger partial charge >= 0.3 is 5.69 Å². The van der Waals surface area contributed by atoms with Crippen LogP contribution in [0.25, 0.3) is 0 Å². The van der Waals surface area contributed by atoms with Crippen molar-refractivity contribution in [2.75, 3.05) is 0 Å². The van der Waals surface area contributed by atoms with Crippen molar-refractivity contribution in [3.05, 3.63) is 64.0 Å². The van der Waals surface area contributed by atoms with Crippen LogP contribution in [-0.4, -0.2) is 20.8 Å². The fraction of sp³-hybridized carbons (Fsp3) is 0.0769. The van der Waals surface area contributed by atoms with Gasteiger partial charge in [0.15, 0.2) is 11.5 Å². The van der Waals surface area contributed by atoms with Crippen LogP contribution < -0.4 is 0 Å². The van der Waals surface area contributed by atoms with Crippen molar-refractivity contribution >= 4 is 11.5 Å². The predicted octanol–water partition coefficient (Wildman–Crippen LogP) is 2.12. The fourth-order valence-corrected chi connectivity index (χ4v) is 1.64. The molecule has 2 rings (SSSR count). The topological polar surface area (TPSA) is 93.3 Å². The number of Topliss-reactive ketones (excluding diaryl/α,β-unsaturated/α-hetero) is 1. The van der Waals surface area contributed by atoms with Crippen LogP contribution in [0.15, 0.2) is 42.6 Å². The molecule has 2 aromatic rings. The Bertz CT molecular complexity index is 626. The number of aromatic nitrogens is 1. The number of pyridine rings is 1. The van der Waals surface area contributed by atoms with E-state index in [9.17, 15) is 20.0 Å². The zero-order valence-electron chi connectivity index (χ0n) is 9.81. The predicted molar refractivity (Wildman–Crippen MR) is 67.0 cm³/mol. The summed E-state index contributed by atoms with van der Waals surface area (Å²) < 4.78 is 0. The molecule has 0 radical (unpaired) electrons. The monoisotopic (exact) mass is 258 g/mol. The summed E-state index contributed by atoms with van der Waals surface area (Å²) in [6.07, 6.45) is 1.54. The quantitative estimate of drug-likeness (QED) is 0.515.